The summed E-state index contributed by atoms with van der Waals surface area (Å²) < 4.78 is 0. The lowest BCUT2D eigenvalue weighted by atomic mass is 9.98. The maximum Gasteiger partial charge on any atom is 0.204 e. The Morgan fingerprint density at radius 2 is 2.21 bits per heavy atom. The Kier molecular flexibility index (Phi) is 3.75. The van der Waals surface area contributed by atoms with Crippen molar-refractivity contribution in [1.29, 1.82) is 0 Å². The average Bonchev–Trinajstić information content (AvgIpc) is 2.92. The van der Waals surface area contributed by atoms with Crippen molar-refractivity contribution < 1.29 is 0 Å². The molecule has 2 rings (SSSR count). The Balaban J connectivity index is 2.34. The molecule has 2 aromatic rings. The molecule has 0 saturated heterocycles. The van der Waals surface area contributed by atoms with E-state index in [0.29, 0.717) is 5.82 Å². The van der Waals surface area contributed by atoms with Gasteiger partial charge in [0.05, 0.1) is 0 Å². The molecular formula is C14H17N5. The van der Waals surface area contributed by atoms with E-state index in [-0.39, 0.29) is 0 Å². The third-order valence-electron chi connectivity index (χ3n) is 3.05. The van der Waals surface area contributed by atoms with E-state index >= 15 is 0 Å². The van der Waals surface area contributed by atoms with Crippen molar-refractivity contribution in [3.05, 3.63) is 47.8 Å². The summed E-state index contributed by atoms with van der Waals surface area (Å²) in [7, 11) is 1.92. The van der Waals surface area contributed by atoms with Gasteiger partial charge in [0.1, 0.15) is 0 Å². The van der Waals surface area contributed by atoms with E-state index in [1.807, 2.05) is 26.1 Å². The van der Waals surface area contributed by atoms with Crippen LogP contribution in [0, 0.1) is 6.92 Å². The number of nitrogens with zero attached hydrogens (tertiary/aromatic N) is 3. The molecule has 0 fully saturated rings. The minimum Gasteiger partial charge on any atom is -0.388 e. The zero-order valence-corrected chi connectivity index (χ0v) is 11.4. The van der Waals surface area contributed by atoms with Crippen molar-refractivity contribution >= 4 is 16.8 Å². The third kappa shape index (κ3) is 2.70. The number of allylic oxidation sites excluding steroid dienone is 3. The van der Waals surface area contributed by atoms with Gasteiger partial charge in [0.15, 0.2) is 0 Å². The van der Waals surface area contributed by atoms with E-state index in [4.69, 9.17) is 0 Å². The molecule has 19 heavy (non-hydrogen) atoms. The monoisotopic (exact) mass is 255 g/mol. The molecule has 1 heterocycles. The van der Waals surface area contributed by atoms with Crippen LogP contribution in [0.3, 0.4) is 0 Å². The summed E-state index contributed by atoms with van der Waals surface area (Å²) in [6, 6.07) is 6.17. The Morgan fingerprint density at radius 1 is 1.42 bits per heavy atom. The maximum absolute atomic E-state index is 3.96. The van der Waals surface area contributed by atoms with Crippen LogP contribution < -0.4 is 5.32 Å². The molecule has 0 aliphatic rings. The Labute approximate surface area is 112 Å². The first-order valence-corrected chi connectivity index (χ1v) is 6.02. The van der Waals surface area contributed by atoms with Gasteiger partial charge in [0.25, 0.3) is 0 Å². The highest BCUT2D eigenvalue weighted by molar-refractivity contribution is 5.82. The van der Waals surface area contributed by atoms with Gasteiger partial charge in [-0.3, -0.25) is 0 Å². The highest BCUT2D eigenvalue weighted by Crippen LogP contribution is 2.26. The van der Waals surface area contributed by atoms with Gasteiger partial charge >= 0.3 is 0 Å². The van der Waals surface area contributed by atoms with E-state index in [0.717, 1.165) is 16.8 Å². The summed E-state index contributed by atoms with van der Waals surface area (Å²) in [4.78, 5) is 0. The summed E-state index contributed by atoms with van der Waals surface area (Å²) in [6.45, 7) is 8.10. The SMILES string of the molecule is C=C(/C=C(\C)c1cccc(NC)c1C)c1nn[nH]n1. The molecule has 0 bridgehead atoms. The quantitative estimate of drug-likeness (QED) is 0.824. The molecule has 5 nitrogen and oxygen atoms in total. The van der Waals surface area contributed by atoms with Gasteiger partial charge in [-0.1, -0.05) is 18.7 Å². The van der Waals surface area contributed by atoms with Crippen LogP contribution in [0.4, 0.5) is 5.69 Å². The lowest BCUT2D eigenvalue weighted by Crippen LogP contribution is -1.95. The third-order valence-corrected chi connectivity index (χ3v) is 3.05. The van der Waals surface area contributed by atoms with E-state index in [2.05, 4.69) is 51.6 Å². The fraction of sp³-hybridized carbons (Fsp3) is 0.214. The second-order valence-electron chi connectivity index (χ2n) is 4.32. The molecule has 1 aromatic carbocycles. The molecule has 0 unspecified atom stereocenters. The fourth-order valence-corrected chi connectivity index (χ4v) is 2.04. The predicted octanol–water partition coefficient (Wildman–Crippen LogP) is 2.67. The number of hydrogen-bond donors (Lipinski definition) is 2. The minimum absolute atomic E-state index is 0.516. The molecule has 0 aliphatic heterocycles. The lowest BCUT2D eigenvalue weighted by Gasteiger charge is -2.11. The average molecular weight is 255 g/mol. The van der Waals surface area contributed by atoms with Crippen LogP contribution in [0.2, 0.25) is 0 Å². The molecule has 2 N–H and O–H groups in total. The first-order valence-electron chi connectivity index (χ1n) is 6.02. The van der Waals surface area contributed by atoms with Crippen LogP contribution in [-0.2, 0) is 0 Å². The van der Waals surface area contributed by atoms with Crippen LogP contribution in [0.5, 0.6) is 0 Å². The molecule has 0 radical (unpaired) electrons. The van der Waals surface area contributed by atoms with Crippen molar-refractivity contribution in [2.45, 2.75) is 13.8 Å². The predicted molar refractivity (Wildman–Crippen MR) is 77.6 cm³/mol. The van der Waals surface area contributed by atoms with E-state index < -0.39 is 0 Å². The molecule has 0 spiro atoms. The summed E-state index contributed by atoms with van der Waals surface area (Å²) in [5.41, 5.74) is 5.36. The number of anilines is 1. The van der Waals surface area contributed by atoms with Crippen LogP contribution in [-0.4, -0.2) is 27.7 Å². The number of aromatic amines is 1. The first-order chi connectivity index (χ1) is 9.13. The normalized spacial score (nSPS) is 11.4. The van der Waals surface area contributed by atoms with Crippen LogP contribution in [0.1, 0.15) is 23.9 Å². The lowest BCUT2D eigenvalue weighted by molar-refractivity contribution is 0.881. The summed E-state index contributed by atoms with van der Waals surface area (Å²) in [5.74, 6) is 0.516. The standard InChI is InChI=1S/C14H17N5/c1-9(8-10(2)14-16-18-19-17-14)12-6-5-7-13(15-4)11(12)3/h5-8,15H,2H2,1,3-4H3,(H,16,17,18,19)/b9-8+. The smallest absolute Gasteiger partial charge is 0.204 e. The zero-order chi connectivity index (χ0) is 13.8. The van der Waals surface area contributed by atoms with Gasteiger partial charge in [-0.05, 0) is 47.9 Å². The molecule has 0 atom stereocenters. The number of H-pyrrole nitrogens is 1. The second-order valence-corrected chi connectivity index (χ2v) is 4.32. The van der Waals surface area contributed by atoms with Crippen molar-refractivity contribution in [2.24, 2.45) is 0 Å². The second kappa shape index (κ2) is 5.48. The Hall–Kier alpha value is -2.43. The maximum atomic E-state index is 3.96. The molecule has 98 valence electrons. The topological polar surface area (TPSA) is 66.5 Å². The molecule has 0 saturated carbocycles. The van der Waals surface area contributed by atoms with Gasteiger partial charge in [-0.15, -0.1) is 10.2 Å². The molecule has 5 heteroatoms. The number of rotatable bonds is 4. The molecule has 1 aromatic heterocycles. The van der Waals surface area contributed by atoms with E-state index in [9.17, 15) is 0 Å². The van der Waals surface area contributed by atoms with Crippen molar-refractivity contribution in [3.63, 3.8) is 0 Å². The van der Waals surface area contributed by atoms with E-state index in [1.165, 1.54) is 11.1 Å². The summed E-state index contributed by atoms with van der Waals surface area (Å²) >= 11 is 0. The number of benzene rings is 1. The summed E-state index contributed by atoms with van der Waals surface area (Å²) in [5, 5.41) is 17.0. The number of aromatic nitrogens is 4. The number of tetrazole rings is 1. The van der Waals surface area contributed by atoms with Crippen LogP contribution >= 0.6 is 0 Å². The number of nitrogens with one attached hydrogen (secondary N) is 2. The minimum atomic E-state index is 0.516. The Bertz CT molecular complexity index is 611. The molecule has 0 amide bonds. The Morgan fingerprint density at radius 3 is 2.84 bits per heavy atom. The molecular weight excluding hydrogens is 238 g/mol. The van der Waals surface area contributed by atoms with Crippen molar-refractivity contribution in [1.82, 2.24) is 20.6 Å². The number of hydrogen-bond acceptors (Lipinski definition) is 4. The van der Waals surface area contributed by atoms with Crippen molar-refractivity contribution in [3.8, 4) is 0 Å². The highest BCUT2D eigenvalue weighted by atomic mass is 15.5. The van der Waals surface area contributed by atoms with Gasteiger partial charge < -0.3 is 5.32 Å². The van der Waals surface area contributed by atoms with E-state index in [1.54, 1.807) is 0 Å². The first kappa shape index (κ1) is 13.0. The van der Waals surface area contributed by atoms with Gasteiger partial charge in [0.2, 0.25) is 5.82 Å². The highest BCUT2D eigenvalue weighted by Gasteiger charge is 2.06. The zero-order valence-electron chi connectivity index (χ0n) is 11.4. The van der Waals surface area contributed by atoms with Gasteiger partial charge in [0, 0.05) is 18.3 Å². The fourth-order valence-electron chi connectivity index (χ4n) is 2.04. The van der Waals surface area contributed by atoms with Crippen molar-refractivity contribution in [2.75, 3.05) is 12.4 Å². The molecule has 0 aliphatic carbocycles. The largest absolute Gasteiger partial charge is 0.388 e. The van der Waals surface area contributed by atoms with Gasteiger partial charge in [-0.2, -0.15) is 5.21 Å². The summed E-state index contributed by atoms with van der Waals surface area (Å²) in [6.07, 6.45) is 1.96. The van der Waals surface area contributed by atoms with Crippen LogP contribution in [0.15, 0.2) is 30.9 Å². The van der Waals surface area contributed by atoms with Gasteiger partial charge in [-0.25, -0.2) is 0 Å². The van der Waals surface area contributed by atoms with Crippen LogP contribution in [0.25, 0.3) is 11.1 Å².